The smallest absolute Gasteiger partial charge is 0.317 e. The number of aliphatic imine (C=N–C) groups is 1. The Morgan fingerprint density at radius 3 is 2.57 bits per heavy atom. The van der Waals surface area contributed by atoms with Gasteiger partial charge in [-0.1, -0.05) is 53.6 Å². The molecule has 12 nitrogen and oxygen atoms in total. The number of morpholine rings is 1. The molecule has 1 atom stereocenters. The second kappa shape index (κ2) is 10.9. The molecule has 13 heteroatoms. The Morgan fingerprint density at radius 1 is 0.952 bits per heavy atom. The number of hydrogen-bond donors (Lipinski definition) is 2. The summed E-state index contributed by atoms with van der Waals surface area (Å²) in [5.74, 6) is 0.365. The van der Waals surface area contributed by atoms with Crippen LogP contribution in [0.4, 0.5) is 21.9 Å². The molecule has 0 bridgehead atoms. The van der Waals surface area contributed by atoms with E-state index >= 15 is 0 Å². The average molecular weight is 566 g/mol. The van der Waals surface area contributed by atoms with E-state index in [1.165, 1.54) is 16.8 Å². The van der Waals surface area contributed by atoms with E-state index in [0.29, 0.717) is 54.9 Å². The predicted molar refractivity (Wildman–Crippen MR) is 152 cm³/mol. The molecule has 0 radical (unpaired) electrons. The van der Waals surface area contributed by atoms with Crippen LogP contribution < -0.4 is 15.5 Å². The second-order valence-corrected chi connectivity index (χ2v) is 9.58. The number of anilines is 3. The Kier molecular flexibility index (Phi) is 6.60. The quantitative estimate of drug-likeness (QED) is 0.317. The average Bonchev–Trinajstić information content (AvgIpc) is 3.65. The minimum Gasteiger partial charge on any atom is -0.403 e. The number of aromatic nitrogens is 5. The molecular formula is C29H24FN9O3. The van der Waals surface area contributed by atoms with Gasteiger partial charge in [0.2, 0.25) is 6.17 Å². The second-order valence-electron chi connectivity index (χ2n) is 9.58. The van der Waals surface area contributed by atoms with Gasteiger partial charge in [-0.25, -0.2) is 19.0 Å². The van der Waals surface area contributed by atoms with Gasteiger partial charge in [-0.3, -0.25) is 4.79 Å². The zero-order valence-electron chi connectivity index (χ0n) is 22.1. The van der Waals surface area contributed by atoms with E-state index in [1.807, 2.05) is 59.5 Å². The first kappa shape index (κ1) is 25.5. The summed E-state index contributed by atoms with van der Waals surface area (Å²) in [6.07, 6.45) is 1.77. The van der Waals surface area contributed by atoms with Crippen molar-refractivity contribution in [3.8, 4) is 17.3 Å². The fraction of sp³-hybridized carbons (Fsp3) is 0.172. The predicted octanol–water partition coefficient (Wildman–Crippen LogP) is 3.52. The Morgan fingerprint density at radius 2 is 1.76 bits per heavy atom. The molecule has 1 fully saturated rings. The van der Waals surface area contributed by atoms with Gasteiger partial charge in [0.15, 0.2) is 11.6 Å². The Labute approximate surface area is 238 Å². The highest BCUT2D eigenvalue weighted by molar-refractivity contribution is 6.19. The largest absolute Gasteiger partial charge is 0.403 e. The maximum absolute atomic E-state index is 13.5. The minimum atomic E-state index is -1.05. The Hall–Kier alpha value is -5.43. The van der Waals surface area contributed by atoms with Crippen LogP contribution >= 0.6 is 0 Å². The lowest BCUT2D eigenvalue weighted by molar-refractivity contribution is -0.116. The number of carbonyl (C=O) groups excluding carboxylic acids is 1. The molecule has 210 valence electrons. The molecule has 2 N–H and O–H groups in total. The zero-order valence-corrected chi connectivity index (χ0v) is 22.1. The van der Waals surface area contributed by atoms with Gasteiger partial charge >= 0.3 is 6.01 Å². The molecule has 2 aliphatic rings. The molecule has 0 spiro atoms. The van der Waals surface area contributed by atoms with Gasteiger partial charge in [0.25, 0.3) is 11.8 Å². The normalized spacial score (nSPS) is 16.8. The molecule has 5 aromatic rings. The lowest BCUT2D eigenvalue weighted by atomic mass is 10.0. The molecule has 1 unspecified atom stereocenters. The molecule has 5 heterocycles. The van der Waals surface area contributed by atoms with Crippen LogP contribution in [0, 0.1) is 5.82 Å². The molecule has 7 rings (SSSR count). The van der Waals surface area contributed by atoms with E-state index in [0.717, 1.165) is 17.3 Å². The summed E-state index contributed by atoms with van der Waals surface area (Å²) < 4.78 is 26.5. The number of nitrogens with zero attached hydrogens (tertiary/aromatic N) is 7. The first-order chi connectivity index (χ1) is 20.6. The summed E-state index contributed by atoms with van der Waals surface area (Å²) in [5, 5.41) is 19.0. The van der Waals surface area contributed by atoms with Gasteiger partial charge in [-0.05, 0) is 18.2 Å². The number of ether oxygens (including phenoxy) is 1. The number of hydrogen-bond acceptors (Lipinski definition) is 10. The summed E-state index contributed by atoms with van der Waals surface area (Å²) in [4.78, 5) is 24.2. The number of fused-ring (bicyclic) bond motifs is 1. The molecule has 42 heavy (non-hydrogen) atoms. The topological polar surface area (TPSA) is 136 Å². The first-order valence-corrected chi connectivity index (χ1v) is 13.3. The van der Waals surface area contributed by atoms with E-state index in [-0.39, 0.29) is 17.8 Å². The lowest BCUT2D eigenvalue weighted by Crippen LogP contribution is -2.36. The summed E-state index contributed by atoms with van der Waals surface area (Å²) in [5.41, 5.74) is 3.50. The Balaban J connectivity index is 1.22. The van der Waals surface area contributed by atoms with Gasteiger partial charge < -0.3 is 24.7 Å². The highest BCUT2D eigenvalue weighted by atomic mass is 19.1. The summed E-state index contributed by atoms with van der Waals surface area (Å²) in [7, 11) is 0. The number of nitrogens with one attached hydrogen (secondary N) is 2. The van der Waals surface area contributed by atoms with E-state index in [1.54, 1.807) is 6.20 Å². The van der Waals surface area contributed by atoms with E-state index in [4.69, 9.17) is 19.2 Å². The van der Waals surface area contributed by atoms with Crippen LogP contribution in [-0.4, -0.2) is 69.0 Å². The monoisotopic (exact) mass is 565 g/mol. The SMILES string of the molecule is O=C1Nc2ccccc2C(c2ccccc2)=NC1Nc1nnc(-c2cn(-c3ccc(F)cn3)nc2N2CCOCC2)o1. The summed E-state index contributed by atoms with van der Waals surface area (Å²) >= 11 is 0. The van der Waals surface area contributed by atoms with Crippen molar-refractivity contribution in [1.29, 1.82) is 0 Å². The number of carbonyl (C=O) groups is 1. The molecule has 2 aromatic carbocycles. The van der Waals surface area contributed by atoms with Crippen LogP contribution in [0.2, 0.25) is 0 Å². The van der Waals surface area contributed by atoms with Crippen molar-refractivity contribution in [2.45, 2.75) is 6.17 Å². The first-order valence-electron chi connectivity index (χ1n) is 13.3. The lowest BCUT2D eigenvalue weighted by Gasteiger charge is -2.27. The summed E-state index contributed by atoms with van der Waals surface area (Å²) in [6.45, 7) is 2.30. The Bertz CT molecular complexity index is 1760. The van der Waals surface area contributed by atoms with Crippen LogP contribution in [-0.2, 0) is 9.53 Å². The third kappa shape index (κ3) is 4.97. The van der Waals surface area contributed by atoms with Gasteiger partial charge in [0, 0.05) is 30.4 Å². The fourth-order valence-electron chi connectivity index (χ4n) is 4.83. The standard InChI is InChI=1S/C29H24FN9O3/c30-19-10-11-23(31-16-19)39-17-21(26(37-39)38-12-14-41-15-13-38)28-35-36-29(42-28)34-25-27(40)32-22-9-5-4-8-20(22)24(33-25)18-6-2-1-3-7-18/h1-11,16-17,25H,12-15H2,(H,32,40)(H,34,36). The van der Waals surface area contributed by atoms with Crippen molar-refractivity contribution in [2.24, 2.45) is 4.99 Å². The molecular weight excluding hydrogens is 541 g/mol. The van der Waals surface area contributed by atoms with Crippen molar-refractivity contribution in [2.75, 3.05) is 41.8 Å². The van der Waals surface area contributed by atoms with Crippen molar-refractivity contribution >= 4 is 29.1 Å². The molecule has 0 aliphatic carbocycles. The maximum Gasteiger partial charge on any atom is 0.317 e. The number of para-hydroxylation sites is 1. The van der Waals surface area contributed by atoms with Crippen LogP contribution in [0.15, 0.2) is 88.5 Å². The van der Waals surface area contributed by atoms with E-state index in [9.17, 15) is 9.18 Å². The number of rotatable bonds is 6. The molecule has 0 saturated carbocycles. The third-order valence-corrected chi connectivity index (χ3v) is 6.86. The number of halogens is 1. The van der Waals surface area contributed by atoms with Crippen LogP contribution in [0.5, 0.6) is 0 Å². The minimum absolute atomic E-state index is 0.00727. The van der Waals surface area contributed by atoms with Crippen molar-refractivity contribution in [1.82, 2.24) is 25.0 Å². The molecule has 3 aromatic heterocycles. The number of pyridine rings is 1. The van der Waals surface area contributed by atoms with Gasteiger partial charge in [-0.2, -0.15) is 0 Å². The van der Waals surface area contributed by atoms with E-state index < -0.39 is 12.0 Å². The number of benzene rings is 2. The van der Waals surface area contributed by atoms with Gasteiger partial charge in [-0.15, -0.1) is 10.2 Å². The number of amides is 1. The zero-order chi connectivity index (χ0) is 28.5. The van der Waals surface area contributed by atoms with Gasteiger partial charge in [0.1, 0.15) is 11.4 Å². The molecule has 2 aliphatic heterocycles. The third-order valence-electron chi connectivity index (χ3n) is 6.86. The van der Waals surface area contributed by atoms with Crippen LogP contribution in [0.3, 0.4) is 0 Å². The number of benzodiazepines with no additional fused rings is 1. The molecule has 1 saturated heterocycles. The van der Waals surface area contributed by atoms with Crippen LogP contribution in [0.25, 0.3) is 17.3 Å². The highest BCUT2D eigenvalue weighted by Crippen LogP contribution is 2.32. The van der Waals surface area contributed by atoms with Crippen LogP contribution in [0.1, 0.15) is 11.1 Å². The van der Waals surface area contributed by atoms with Crippen molar-refractivity contribution in [3.05, 3.63) is 96.1 Å². The maximum atomic E-state index is 13.5. The fourth-order valence-corrected chi connectivity index (χ4v) is 4.83. The van der Waals surface area contributed by atoms with Gasteiger partial charge in [0.05, 0.1) is 30.8 Å². The van der Waals surface area contributed by atoms with Crippen molar-refractivity contribution < 1.29 is 18.3 Å². The van der Waals surface area contributed by atoms with Crippen molar-refractivity contribution in [3.63, 3.8) is 0 Å². The van der Waals surface area contributed by atoms with E-state index in [2.05, 4.69) is 25.8 Å². The highest BCUT2D eigenvalue weighted by Gasteiger charge is 2.28. The molecule has 1 amide bonds. The summed E-state index contributed by atoms with van der Waals surface area (Å²) in [6, 6.07) is 20.0.